The summed E-state index contributed by atoms with van der Waals surface area (Å²) >= 11 is 5.11. The molecule has 0 saturated carbocycles. The minimum absolute atomic E-state index is 0.0735. The number of amides is 1. The van der Waals surface area contributed by atoms with Crippen LogP contribution in [0.25, 0.3) is 0 Å². The maximum atomic E-state index is 12.0. The lowest BCUT2D eigenvalue weighted by atomic mass is 10.0. The molecular weight excluding hydrogens is 364 g/mol. The van der Waals surface area contributed by atoms with Crippen molar-refractivity contribution < 1.29 is 19.4 Å². The summed E-state index contributed by atoms with van der Waals surface area (Å²) in [4.78, 5) is 23.1. The zero-order valence-electron chi connectivity index (χ0n) is 15.4. The fourth-order valence-corrected chi connectivity index (χ4v) is 2.53. The van der Waals surface area contributed by atoms with Gasteiger partial charge in [-0.05, 0) is 60.5 Å². The molecule has 7 heteroatoms. The van der Waals surface area contributed by atoms with Gasteiger partial charge < -0.3 is 15.2 Å². The van der Waals surface area contributed by atoms with E-state index in [1.165, 1.54) is 17.7 Å². The van der Waals surface area contributed by atoms with Crippen molar-refractivity contribution in [3.8, 4) is 5.75 Å². The maximum Gasteiger partial charge on any atom is 0.335 e. The van der Waals surface area contributed by atoms with Crippen LogP contribution in [-0.4, -0.2) is 28.7 Å². The Hall–Kier alpha value is -2.93. The molecule has 0 aliphatic carbocycles. The smallest absolute Gasteiger partial charge is 0.335 e. The van der Waals surface area contributed by atoms with Crippen molar-refractivity contribution in [3.63, 3.8) is 0 Å². The van der Waals surface area contributed by atoms with Gasteiger partial charge in [0.1, 0.15) is 5.75 Å². The number of thiocarbonyl (C=S) groups is 1. The van der Waals surface area contributed by atoms with E-state index < -0.39 is 11.9 Å². The summed E-state index contributed by atoms with van der Waals surface area (Å²) in [6.07, 6.45) is 0. The molecule has 0 radical (unpaired) electrons. The van der Waals surface area contributed by atoms with E-state index in [0.717, 1.165) is 5.56 Å². The third-order valence-electron chi connectivity index (χ3n) is 3.90. The topological polar surface area (TPSA) is 87.7 Å². The Labute approximate surface area is 163 Å². The fraction of sp³-hybridized carbons (Fsp3) is 0.250. The molecule has 0 aliphatic rings. The number of carboxylic acid groups (broad SMARTS) is 1. The molecule has 0 unspecified atom stereocenters. The highest BCUT2D eigenvalue weighted by atomic mass is 32.1. The van der Waals surface area contributed by atoms with Gasteiger partial charge in [0, 0.05) is 5.69 Å². The molecule has 0 fully saturated rings. The zero-order valence-corrected chi connectivity index (χ0v) is 16.2. The van der Waals surface area contributed by atoms with E-state index in [9.17, 15) is 9.59 Å². The van der Waals surface area contributed by atoms with Crippen molar-refractivity contribution in [3.05, 3.63) is 59.2 Å². The normalized spacial score (nSPS) is 10.4. The first-order valence-electron chi connectivity index (χ1n) is 8.44. The summed E-state index contributed by atoms with van der Waals surface area (Å²) in [5.74, 6) is -0.426. The number of nitrogens with one attached hydrogen (secondary N) is 2. The molecule has 0 aromatic heterocycles. The fourth-order valence-electron chi connectivity index (χ4n) is 2.30. The lowest BCUT2D eigenvalue weighted by Gasteiger charge is -2.13. The molecule has 2 rings (SSSR count). The Morgan fingerprint density at radius 1 is 1.15 bits per heavy atom. The van der Waals surface area contributed by atoms with Crippen LogP contribution < -0.4 is 15.4 Å². The van der Waals surface area contributed by atoms with E-state index in [1.807, 2.05) is 31.2 Å². The number of carbonyl (C=O) groups excluding carboxylic acids is 1. The molecule has 142 valence electrons. The number of rotatable bonds is 6. The van der Waals surface area contributed by atoms with E-state index in [4.69, 9.17) is 22.1 Å². The number of hydrogen-bond acceptors (Lipinski definition) is 4. The summed E-state index contributed by atoms with van der Waals surface area (Å²) in [7, 11) is 0. The first-order valence-corrected chi connectivity index (χ1v) is 8.84. The van der Waals surface area contributed by atoms with Crippen LogP contribution in [0.1, 0.15) is 41.3 Å². The van der Waals surface area contributed by atoms with Crippen LogP contribution >= 0.6 is 12.2 Å². The lowest BCUT2D eigenvalue weighted by Crippen LogP contribution is -2.37. The summed E-state index contributed by atoms with van der Waals surface area (Å²) in [5.41, 5.74) is 2.64. The Morgan fingerprint density at radius 2 is 1.81 bits per heavy atom. The van der Waals surface area contributed by atoms with Crippen LogP contribution in [0.4, 0.5) is 5.69 Å². The Bertz CT molecular complexity index is 848. The van der Waals surface area contributed by atoms with Gasteiger partial charge in [0.05, 0.1) is 5.56 Å². The van der Waals surface area contributed by atoms with E-state index >= 15 is 0 Å². The van der Waals surface area contributed by atoms with Crippen LogP contribution in [0.3, 0.4) is 0 Å². The van der Waals surface area contributed by atoms with Crippen LogP contribution in [0.15, 0.2) is 42.5 Å². The molecule has 0 atom stereocenters. The second-order valence-corrected chi connectivity index (χ2v) is 6.76. The molecule has 0 spiro atoms. The van der Waals surface area contributed by atoms with E-state index in [-0.39, 0.29) is 17.3 Å². The van der Waals surface area contributed by atoms with Gasteiger partial charge in [-0.1, -0.05) is 32.0 Å². The van der Waals surface area contributed by atoms with Crippen molar-refractivity contribution in [2.24, 2.45) is 0 Å². The predicted molar refractivity (Wildman–Crippen MR) is 109 cm³/mol. The summed E-state index contributed by atoms with van der Waals surface area (Å²) in [6, 6.07) is 12.2. The minimum Gasteiger partial charge on any atom is -0.484 e. The van der Waals surface area contributed by atoms with Gasteiger partial charge in [-0.15, -0.1) is 0 Å². The number of aryl methyl sites for hydroxylation is 1. The van der Waals surface area contributed by atoms with Crippen molar-refractivity contribution in [2.75, 3.05) is 11.9 Å². The average Bonchev–Trinajstić information content (AvgIpc) is 2.62. The molecule has 0 heterocycles. The van der Waals surface area contributed by atoms with Crippen molar-refractivity contribution in [1.29, 1.82) is 0 Å². The Morgan fingerprint density at radius 3 is 2.41 bits per heavy atom. The van der Waals surface area contributed by atoms with E-state index in [0.29, 0.717) is 17.4 Å². The molecule has 3 N–H and O–H groups in total. The number of aromatic carboxylic acids is 1. The standard InChI is InChI=1S/C20H22N2O4S/c1-12(2)14-6-8-16(9-7-14)26-11-18(23)22-20(27)21-17-10-15(19(24)25)5-4-13(17)3/h4-10,12H,11H2,1-3H3,(H,24,25)(H2,21,22,23,27). The van der Waals surface area contributed by atoms with Crippen LogP contribution in [0, 0.1) is 6.92 Å². The molecule has 2 aromatic carbocycles. The first-order chi connectivity index (χ1) is 12.8. The van der Waals surface area contributed by atoms with Gasteiger partial charge in [-0.25, -0.2) is 4.79 Å². The lowest BCUT2D eigenvalue weighted by molar-refractivity contribution is -0.121. The van der Waals surface area contributed by atoms with Gasteiger partial charge in [-0.3, -0.25) is 10.1 Å². The monoisotopic (exact) mass is 386 g/mol. The number of carbonyl (C=O) groups is 2. The molecule has 0 bridgehead atoms. The summed E-state index contributed by atoms with van der Waals surface area (Å²) < 4.78 is 5.45. The number of carboxylic acids is 1. The quantitative estimate of drug-likeness (QED) is 0.656. The Kier molecular flexibility index (Phi) is 6.90. The maximum absolute atomic E-state index is 12.0. The van der Waals surface area contributed by atoms with Gasteiger partial charge in [0.25, 0.3) is 5.91 Å². The molecule has 6 nitrogen and oxygen atoms in total. The van der Waals surface area contributed by atoms with Crippen molar-refractivity contribution in [1.82, 2.24) is 5.32 Å². The first kappa shape index (κ1) is 20.4. The predicted octanol–water partition coefficient (Wildman–Crippen LogP) is 3.71. The average molecular weight is 386 g/mol. The number of anilines is 1. The minimum atomic E-state index is -1.04. The van der Waals surface area contributed by atoms with Crippen molar-refractivity contribution >= 4 is 34.9 Å². The van der Waals surface area contributed by atoms with Crippen LogP contribution in [0.2, 0.25) is 0 Å². The van der Waals surface area contributed by atoms with Gasteiger partial charge in [0.2, 0.25) is 0 Å². The van der Waals surface area contributed by atoms with Crippen molar-refractivity contribution in [2.45, 2.75) is 26.7 Å². The number of ether oxygens (including phenoxy) is 1. The summed E-state index contributed by atoms with van der Waals surface area (Å²) in [6.45, 7) is 5.83. The molecule has 27 heavy (non-hydrogen) atoms. The highest BCUT2D eigenvalue weighted by molar-refractivity contribution is 7.80. The zero-order chi connectivity index (χ0) is 20.0. The third-order valence-corrected chi connectivity index (χ3v) is 4.11. The second kappa shape index (κ2) is 9.14. The SMILES string of the molecule is Cc1ccc(C(=O)O)cc1NC(=S)NC(=O)COc1ccc(C(C)C)cc1. The highest BCUT2D eigenvalue weighted by Gasteiger charge is 2.10. The highest BCUT2D eigenvalue weighted by Crippen LogP contribution is 2.19. The number of benzene rings is 2. The van der Waals surface area contributed by atoms with Gasteiger partial charge in [0.15, 0.2) is 11.7 Å². The molecule has 0 saturated heterocycles. The van der Waals surface area contributed by atoms with Crippen LogP contribution in [-0.2, 0) is 4.79 Å². The van der Waals surface area contributed by atoms with E-state index in [2.05, 4.69) is 24.5 Å². The molecule has 2 aromatic rings. The van der Waals surface area contributed by atoms with E-state index in [1.54, 1.807) is 6.07 Å². The molecule has 1 amide bonds. The van der Waals surface area contributed by atoms with Gasteiger partial charge in [-0.2, -0.15) is 0 Å². The second-order valence-electron chi connectivity index (χ2n) is 6.35. The Balaban J connectivity index is 1.87. The van der Waals surface area contributed by atoms with Gasteiger partial charge >= 0.3 is 5.97 Å². The molecule has 0 aliphatic heterocycles. The number of hydrogen-bond donors (Lipinski definition) is 3. The largest absolute Gasteiger partial charge is 0.484 e. The summed E-state index contributed by atoms with van der Waals surface area (Å²) in [5, 5.41) is 14.5. The third kappa shape index (κ3) is 6.07. The van der Waals surface area contributed by atoms with Crippen LogP contribution in [0.5, 0.6) is 5.75 Å². The molecular formula is C20H22N2O4S.